The summed E-state index contributed by atoms with van der Waals surface area (Å²) in [5.74, 6) is -0.288. The summed E-state index contributed by atoms with van der Waals surface area (Å²) in [7, 11) is 0. The van der Waals surface area contributed by atoms with Crippen LogP contribution < -0.4 is 0 Å². The van der Waals surface area contributed by atoms with Gasteiger partial charge in [0.2, 0.25) is 6.54 Å². The molecule has 0 aromatic rings. The molecule has 0 saturated heterocycles. The maximum atomic E-state index is 11.0. The van der Waals surface area contributed by atoms with Crippen LogP contribution in [0, 0.1) is 15.5 Å². The summed E-state index contributed by atoms with van der Waals surface area (Å²) in [6.07, 6.45) is 0.724. The molecule has 0 aliphatic rings. The highest BCUT2D eigenvalue weighted by molar-refractivity contribution is 5.69. The Morgan fingerprint density at radius 2 is 2.07 bits per heavy atom. The molecule has 0 fully saturated rings. The first kappa shape index (κ1) is 12.9. The van der Waals surface area contributed by atoms with Crippen molar-refractivity contribution in [2.45, 2.75) is 33.6 Å². The molecule has 0 saturated carbocycles. The first-order valence-corrected chi connectivity index (χ1v) is 4.65. The Bertz CT molecular complexity index is 213. The van der Waals surface area contributed by atoms with Crippen LogP contribution in [0.5, 0.6) is 0 Å². The lowest BCUT2D eigenvalue weighted by Gasteiger charge is -2.18. The number of ether oxygens (including phenoxy) is 1. The lowest BCUT2D eigenvalue weighted by Crippen LogP contribution is -2.24. The Morgan fingerprint density at radius 1 is 1.50 bits per heavy atom. The van der Waals surface area contributed by atoms with Crippen molar-refractivity contribution in [2.75, 3.05) is 13.2 Å². The third-order valence-corrected chi connectivity index (χ3v) is 1.87. The van der Waals surface area contributed by atoms with E-state index in [0.29, 0.717) is 13.0 Å². The summed E-state index contributed by atoms with van der Waals surface area (Å²) in [6.45, 7) is 5.52. The lowest BCUT2D eigenvalue weighted by atomic mass is 9.88. The van der Waals surface area contributed by atoms with Gasteiger partial charge in [0.15, 0.2) is 0 Å². The van der Waals surface area contributed by atoms with Crippen LogP contribution in [0.25, 0.3) is 0 Å². The summed E-state index contributed by atoms with van der Waals surface area (Å²) in [4.78, 5) is 20.9. The van der Waals surface area contributed by atoms with Gasteiger partial charge in [-0.2, -0.15) is 0 Å². The Morgan fingerprint density at radius 3 is 2.50 bits per heavy atom. The van der Waals surface area contributed by atoms with Crippen LogP contribution in [0.1, 0.15) is 33.6 Å². The van der Waals surface area contributed by atoms with Crippen LogP contribution in [0.15, 0.2) is 0 Å². The van der Waals surface area contributed by atoms with Crippen LogP contribution >= 0.6 is 0 Å². The van der Waals surface area contributed by atoms with Gasteiger partial charge in [-0.15, -0.1) is 0 Å². The Labute approximate surface area is 83.6 Å². The molecule has 0 spiro atoms. The van der Waals surface area contributed by atoms with Crippen molar-refractivity contribution in [1.29, 1.82) is 0 Å². The molecule has 0 unspecified atom stereocenters. The maximum Gasteiger partial charge on any atom is 0.305 e. The smallest absolute Gasteiger partial charge is 0.305 e. The van der Waals surface area contributed by atoms with Crippen molar-refractivity contribution in [3.8, 4) is 0 Å². The zero-order valence-electron chi connectivity index (χ0n) is 8.91. The summed E-state index contributed by atoms with van der Waals surface area (Å²) >= 11 is 0. The maximum absolute atomic E-state index is 11.0. The van der Waals surface area contributed by atoms with Gasteiger partial charge in [0.1, 0.15) is 0 Å². The first-order chi connectivity index (χ1) is 6.37. The highest BCUT2D eigenvalue weighted by Gasteiger charge is 2.25. The number of hydrogen-bond acceptors (Lipinski definition) is 4. The molecule has 5 heteroatoms. The summed E-state index contributed by atoms with van der Waals surface area (Å²) in [5.41, 5.74) is -0.448. The zero-order valence-corrected chi connectivity index (χ0v) is 8.91. The number of carbonyl (C=O) groups excluding carboxylic acids is 1. The van der Waals surface area contributed by atoms with E-state index < -0.39 is 5.41 Å². The molecular weight excluding hydrogens is 186 g/mol. The average molecular weight is 203 g/mol. The minimum absolute atomic E-state index is 0.119. The van der Waals surface area contributed by atoms with E-state index in [2.05, 4.69) is 0 Å². The second kappa shape index (κ2) is 5.57. The fourth-order valence-corrected chi connectivity index (χ4v) is 1.10. The van der Waals surface area contributed by atoms with Gasteiger partial charge in [0.25, 0.3) is 0 Å². The van der Waals surface area contributed by atoms with E-state index in [1.807, 2.05) is 0 Å². The number of hydrogen-bond donors (Lipinski definition) is 0. The van der Waals surface area contributed by atoms with Crippen LogP contribution in [0.2, 0.25) is 0 Å². The van der Waals surface area contributed by atoms with Crippen molar-refractivity contribution in [1.82, 2.24) is 0 Å². The third kappa shape index (κ3) is 6.39. The predicted molar refractivity (Wildman–Crippen MR) is 51.5 cm³/mol. The number of nitro groups is 1. The van der Waals surface area contributed by atoms with Gasteiger partial charge in [-0.3, -0.25) is 14.9 Å². The van der Waals surface area contributed by atoms with E-state index in [0.717, 1.165) is 0 Å². The number of nitrogens with zero attached hydrogens (tertiary/aromatic N) is 1. The molecule has 5 nitrogen and oxygen atoms in total. The zero-order chi connectivity index (χ0) is 11.2. The van der Waals surface area contributed by atoms with Crippen molar-refractivity contribution in [2.24, 2.45) is 5.41 Å². The van der Waals surface area contributed by atoms with Gasteiger partial charge in [-0.25, -0.2) is 0 Å². The molecule has 0 rings (SSSR count). The summed E-state index contributed by atoms with van der Waals surface area (Å²) in [6, 6.07) is 0. The van der Waals surface area contributed by atoms with E-state index in [9.17, 15) is 14.9 Å². The van der Waals surface area contributed by atoms with Crippen LogP contribution in [0.4, 0.5) is 0 Å². The standard InChI is InChI=1S/C9H17NO4/c1-4-14-8(11)5-6-9(2,3)7-10(12)13/h4-7H2,1-3H3. The quantitative estimate of drug-likeness (QED) is 0.374. The van der Waals surface area contributed by atoms with Crippen molar-refractivity contribution < 1.29 is 14.5 Å². The normalized spacial score (nSPS) is 11.1. The monoisotopic (exact) mass is 203 g/mol. The molecule has 0 heterocycles. The number of esters is 1. The minimum atomic E-state index is -0.448. The molecule has 0 aliphatic heterocycles. The van der Waals surface area contributed by atoms with Crippen molar-refractivity contribution in [3.63, 3.8) is 0 Å². The number of carbonyl (C=O) groups is 1. The van der Waals surface area contributed by atoms with E-state index in [1.165, 1.54) is 0 Å². The van der Waals surface area contributed by atoms with Gasteiger partial charge in [0.05, 0.1) is 6.61 Å². The highest BCUT2D eigenvalue weighted by Crippen LogP contribution is 2.22. The van der Waals surface area contributed by atoms with Gasteiger partial charge < -0.3 is 4.74 Å². The summed E-state index contributed by atoms with van der Waals surface area (Å²) in [5, 5.41) is 10.3. The SMILES string of the molecule is CCOC(=O)CCC(C)(C)C[N+](=O)[O-]. The van der Waals surface area contributed by atoms with Gasteiger partial charge in [-0.1, -0.05) is 13.8 Å². The van der Waals surface area contributed by atoms with Gasteiger partial charge in [0, 0.05) is 16.8 Å². The molecule has 0 aromatic carbocycles. The number of rotatable bonds is 6. The molecule has 0 amide bonds. The fraction of sp³-hybridized carbons (Fsp3) is 0.889. The molecule has 14 heavy (non-hydrogen) atoms. The lowest BCUT2D eigenvalue weighted by molar-refractivity contribution is -0.495. The molecule has 0 aliphatic carbocycles. The average Bonchev–Trinajstić information content (AvgIpc) is 1.99. The van der Waals surface area contributed by atoms with Crippen LogP contribution in [0.3, 0.4) is 0 Å². The Balaban J connectivity index is 3.86. The third-order valence-electron chi connectivity index (χ3n) is 1.87. The topological polar surface area (TPSA) is 69.4 Å². The fourth-order valence-electron chi connectivity index (χ4n) is 1.10. The van der Waals surface area contributed by atoms with E-state index in [4.69, 9.17) is 4.74 Å². The molecule has 0 aromatic heterocycles. The highest BCUT2D eigenvalue weighted by atomic mass is 16.6. The van der Waals surface area contributed by atoms with E-state index >= 15 is 0 Å². The molecule has 0 atom stereocenters. The first-order valence-electron chi connectivity index (χ1n) is 4.65. The largest absolute Gasteiger partial charge is 0.466 e. The van der Waals surface area contributed by atoms with E-state index in [-0.39, 0.29) is 23.9 Å². The second-order valence-electron chi connectivity index (χ2n) is 3.96. The Hall–Kier alpha value is -1.13. The van der Waals surface area contributed by atoms with Gasteiger partial charge in [-0.05, 0) is 13.3 Å². The van der Waals surface area contributed by atoms with E-state index in [1.54, 1.807) is 20.8 Å². The molecule has 0 N–H and O–H groups in total. The Kier molecular flexibility index (Phi) is 5.12. The molecule has 0 radical (unpaired) electrons. The van der Waals surface area contributed by atoms with Crippen LogP contribution in [-0.4, -0.2) is 24.0 Å². The molecular formula is C9H17NO4. The van der Waals surface area contributed by atoms with Gasteiger partial charge >= 0.3 is 5.97 Å². The van der Waals surface area contributed by atoms with Crippen molar-refractivity contribution in [3.05, 3.63) is 10.1 Å². The molecule has 0 bridgehead atoms. The minimum Gasteiger partial charge on any atom is -0.466 e. The van der Waals surface area contributed by atoms with Crippen molar-refractivity contribution >= 4 is 5.97 Å². The second-order valence-corrected chi connectivity index (χ2v) is 3.96. The predicted octanol–water partition coefficient (Wildman–Crippen LogP) is 1.63. The van der Waals surface area contributed by atoms with Crippen LogP contribution in [-0.2, 0) is 9.53 Å². The molecule has 82 valence electrons. The summed E-state index contributed by atoms with van der Waals surface area (Å²) < 4.78 is 4.73.